The summed E-state index contributed by atoms with van der Waals surface area (Å²) in [5, 5.41) is 9.01. The van der Waals surface area contributed by atoms with Crippen molar-refractivity contribution in [3.05, 3.63) is 12.2 Å². The van der Waals surface area contributed by atoms with Crippen LogP contribution >= 0.6 is 0 Å². The highest BCUT2D eigenvalue weighted by Gasteiger charge is 1.97. The SMILES string of the molecule is C/C=C\COCC(O)CC. The molecule has 10 heavy (non-hydrogen) atoms. The van der Waals surface area contributed by atoms with Gasteiger partial charge in [0.1, 0.15) is 0 Å². The average molecular weight is 144 g/mol. The minimum Gasteiger partial charge on any atom is -0.391 e. The molecule has 2 nitrogen and oxygen atoms in total. The summed E-state index contributed by atoms with van der Waals surface area (Å²) in [6.45, 7) is 4.93. The number of hydrogen-bond acceptors (Lipinski definition) is 2. The van der Waals surface area contributed by atoms with E-state index in [1.54, 1.807) is 0 Å². The van der Waals surface area contributed by atoms with Gasteiger partial charge in [0.15, 0.2) is 0 Å². The summed E-state index contributed by atoms with van der Waals surface area (Å²) in [6, 6.07) is 0. The van der Waals surface area contributed by atoms with Gasteiger partial charge in [0.25, 0.3) is 0 Å². The van der Waals surface area contributed by atoms with Crippen molar-refractivity contribution >= 4 is 0 Å². The van der Waals surface area contributed by atoms with Crippen LogP contribution in [0.2, 0.25) is 0 Å². The van der Waals surface area contributed by atoms with E-state index >= 15 is 0 Å². The Labute approximate surface area is 62.5 Å². The first-order chi connectivity index (χ1) is 4.81. The maximum atomic E-state index is 9.01. The van der Waals surface area contributed by atoms with Crippen LogP contribution in [0.3, 0.4) is 0 Å². The summed E-state index contributed by atoms with van der Waals surface area (Å²) in [5.41, 5.74) is 0. The van der Waals surface area contributed by atoms with E-state index in [-0.39, 0.29) is 6.10 Å². The third-order valence-electron chi connectivity index (χ3n) is 1.23. The molecule has 1 unspecified atom stereocenters. The molecule has 0 aliphatic carbocycles. The smallest absolute Gasteiger partial charge is 0.0771 e. The Balaban J connectivity index is 3.03. The van der Waals surface area contributed by atoms with Gasteiger partial charge >= 0.3 is 0 Å². The summed E-state index contributed by atoms with van der Waals surface area (Å²) in [4.78, 5) is 0. The van der Waals surface area contributed by atoms with Crippen LogP contribution in [-0.2, 0) is 4.74 Å². The zero-order valence-electron chi connectivity index (χ0n) is 6.71. The molecule has 0 amide bonds. The lowest BCUT2D eigenvalue weighted by molar-refractivity contribution is 0.0473. The molecule has 0 aliphatic rings. The molecule has 0 fully saturated rings. The summed E-state index contributed by atoms with van der Waals surface area (Å²) in [5.74, 6) is 0. The van der Waals surface area contributed by atoms with E-state index in [4.69, 9.17) is 9.84 Å². The molecule has 1 N–H and O–H groups in total. The maximum Gasteiger partial charge on any atom is 0.0771 e. The van der Waals surface area contributed by atoms with Crippen molar-refractivity contribution < 1.29 is 9.84 Å². The predicted molar refractivity (Wildman–Crippen MR) is 41.9 cm³/mol. The molecule has 0 aliphatic heterocycles. The first-order valence-corrected chi connectivity index (χ1v) is 3.68. The molecule has 0 radical (unpaired) electrons. The van der Waals surface area contributed by atoms with Crippen molar-refractivity contribution in [1.29, 1.82) is 0 Å². The zero-order valence-corrected chi connectivity index (χ0v) is 6.71. The van der Waals surface area contributed by atoms with Crippen molar-refractivity contribution in [3.63, 3.8) is 0 Å². The topological polar surface area (TPSA) is 29.5 Å². The van der Waals surface area contributed by atoms with Crippen LogP contribution < -0.4 is 0 Å². The fourth-order valence-corrected chi connectivity index (χ4v) is 0.486. The van der Waals surface area contributed by atoms with E-state index in [0.717, 1.165) is 6.42 Å². The van der Waals surface area contributed by atoms with Gasteiger partial charge in [0.05, 0.1) is 19.3 Å². The van der Waals surface area contributed by atoms with E-state index < -0.39 is 0 Å². The molecule has 0 aromatic rings. The van der Waals surface area contributed by atoms with Gasteiger partial charge in [-0.1, -0.05) is 19.1 Å². The van der Waals surface area contributed by atoms with Crippen LogP contribution in [0, 0.1) is 0 Å². The molecule has 1 atom stereocenters. The van der Waals surface area contributed by atoms with Crippen molar-refractivity contribution in [3.8, 4) is 0 Å². The number of aliphatic hydroxyl groups excluding tert-OH is 1. The third kappa shape index (κ3) is 5.79. The Morgan fingerprint density at radius 2 is 2.30 bits per heavy atom. The number of allylic oxidation sites excluding steroid dienone is 1. The Hall–Kier alpha value is -0.340. The molecule has 0 aromatic carbocycles. The van der Waals surface area contributed by atoms with E-state index in [2.05, 4.69) is 0 Å². The molecule has 0 saturated heterocycles. The van der Waals surface area contributed by atoms with Crippen LogP contribution in [0.4, 0.5) is 0 Å². The fraction of sp³-hybridized carbons (Fsp3) is 0.750. The van der Waals surface area contributed by atoms with Gasteiger partial charge in [-0.05, 0) is 13.3 Å². The number of ether oxygens (including phenoxy) is 1. The van der Waals surface area contributed by atoms with Crippen LogP contribution in [0.5, 0.6) is 0 Å². The first-order valence-electron chi connectivity index (χ1n) is 3.68. The average Bonchev–Trinajstić information content (AvgIpc) is 1.98. The highest BCUT2D eigenvalue weighted by atomic mass is 16.5. The van der Waals surface area contributed by atoms with Gasteiger partial charge in [-0.3, -0.25) is 0 Å². The summed E-state index contributed by atoms with van der Waals surface area (Å²) in [7, 11) is 0. The lowest BCUT2D eigenvalue weighted by Crippen LogP contribution is -2.13. The fourth-order valence-electron chi connectivity index (χ4n) is 0.486. The molecule has 0 saturated carbocycles. The Kier molecular flexibility index (Phi) is 6.55. The molecule has 0 heterocycles. The number of rotatable bonds is 5. The van der Waals surface area contributed by atoms with Gasteiger partial charge in [0.2, 0.25) is 0 Å². The van der Waals surface area contributed by atoms with Crippen molar-refractivity contribution in [2.75, 3.05) is 13.2 Å². The Bertz CT molecular complexity index is 89.3. The Morgan fingerprint density at radius 3 is 2.80 bits per heavy atom. The van der Waals surface area contributed by atoms with Crippen LogP contribution in [0.1, 0.15) is 20.3 Å². The van der Waals surface area contributed by atoms with Gasteiger partial charge < -0.3 is 9.84 Å². The van der Waals surface area contributed by atoms with Gasteiger partial charge in [-0.15, -0.1) is 0 Å². The lowest BCUT2D eigenvalue weighted by Gasteiger charge is -2.05. The summed E-state index contributed by atoms with van der Waals surface area (Å²) >= 11 is 0. The second-order valence-electron chi connectivity index (χ2n) is 2.17. The quantitative estimate of drug-likeness (QED) is 0.466. The van der Waals surface area contributed by atoms with Gasteiger partial charge in [0, 0.05) is 0 Å². The van der Waals surface area contributed by atoms with Crippen LogP contribution in [-0.4, -0.2) is 24.4 Å². The molecule has 0 bridgehead atoms. The normalized spacial score (nSPS) is 14.3. The summed E-state index contributed by atoms with van der Waals surface area (Å²) in [6.07, 6.45) is 4.31. The van der Waals surface area contributed by atoms with Gasteiger partial charge in [-0.25, -0.2) is 0 Å². The highest BCUT2D eigenvalue weighted by molar-refractivity contribution is 4.75. The molecular weight excluding hydrogens is 128 g/mol. The van der Waals surface area contributed by atoms with Crippen molar-refractivity contribution in [2.45, 2.75) is 26.4 Å². The second kappa shape index (κ2) is 6.78. The largest absolute Gasteiger partial charge is 0.391 e. The predicted octanol–water partition coefficient (Wildman–Crippen LogP) is 1.35. The zero-order chi connectivity index (χ0) is 7.82. The van der Waals surface area contributed by atoms with E-state index in [1.807, 2.05) is 26.0 Å². The minimum atomic E-state index is -0.301. The standard InChI is InChI=1S/C8H16O2/c1-3-5-6-10-7-8(9)4-2/h3,5,8-9H,4,6-7H2,1-2H3/b5-3-. The van der Waals surface area contributed by atoms with Crippen LogP contribution in [0.25, 0.3) is 0 Å². The molecule has 0 spiro atoms. The minimum absolute atomic E-state index is 0.301. The lowest BCUT2D eigenvalue weighted by atomic mass is 10.3. The first kappa shape index (κ1) is 9.66. The number of hydrogen-bond donors (Lipinski definition) is 1. The van der Waals surface area contributed by atoms with Gasteiger partial charge in [-0.2, -0.15) is 0 Å². The summed E-state index contributed by atoms with van der Waals surface area (Å²) < 4.78 is 5.09. The molecule has 0 rings (SSSR count). The third-order valence-corrected chi connectivity index (χ3v) is 1.23. The molecule has 0 aromatic heterocycles. The Morgan fingerprint density at radius 1 is 1.60 bits per heavy atom. The number of aliphatic hydroxyl groups is 1. The second-order valence-corrected chi connectivity index (χ2v) is 2.17. The highest BCUT2D eigenvalue weighted by Crippen LogP contribution is 1.90. The van der Waals surface area contributed by atoms with E-state index in [1.165, 1.54) is 0 Å². The van der Waals surface area contributed by atoms with E-state index in [9.17, 15) is 0 Å². The molecule has 60 valence electrons. The van der Waals surface area contributed by atoms with Crippen LogP contribution in [0.15, 0.2) is 12.2 Å². The monoisotopic (exact) mass is 144 g/mol. The van der Waals surface area contributed by atoms with Crippen molar-refractivity contribution in [2.24, 2.45) is 0 Å². The maximum absolute atomic E-state index is 9.01. The molecular formula is C8H16O2. The van der Waals surface area contributed by atoms with E-state index in [0.29, 0.717) is 13.2 Å². The van der Waals surface area contributed by atoms with Crippen molar-refractivity contribution in [1.82, 2.24) is 0 Å². The molecule has 2 heteroatoms.